The van der Waals surface area contributed by atoms with E-state index in [2.05, 4.69) is 24.4 Å². The van der Waals surface area contributed by atoms with E-state index in [4.69, 9.17) is 4.74 Å². The van der Waals surface area contributed by atoms with Gasteiger partial charge in [0.2, 0.25) is 0 Å². The molecule has 0 atom stereocenters. The summed E-state index contributed by atoms with van der Waals surface area (Å²) < 4.78 is 5.56. The number of benzene rings is 2. The Morgan fingerprint density at radius 3 is 2.50 bits per heavy atom. The van der Waals surface area contributed by atoms with Gasteiger partial charge < -0.3 is 15.2 Å². The van der Waals surface area contributed by atoms with E-state index in [-0.39, 0.29) is 6.61 Å². The van der Waals surface area contributed by atoms with Crippen molar-refractivity contribution in [3.8, 4) is 5.75 Å². The smallest absolute Gasteiger partial charge is 0.119 e. The van der Waals surface area contributed by atoms with Crippen LogP contribution in [-0.2, 0) is 13.2 Å². The number of hydrogen-bond acceptors (Lipinski definition) is 3. The lowest BCUT2D eigenvalue weighted by Crippen LogP contribution is -2.02. The highest BCUT2D eigenvalue weighted by molar-refractivity contribution is 5.51. The fourth-order valence-electron chi connectivity index (χ4n) is 1.95. The second kappa shape index (κ2) is 7.56. The lowest BCUT2D eigenvalue weighted by molar-refractivity contribution is 0.282. The Kier molecular flexibility index (Phi) is 5.44. The van der Waals surface area contributed by atoms with Gasteiger partial charge in [-0.1, -0.05) is 37.3 Å². The molecule has 2 aromatic rings. The number of para-hydroxylation sites is 1. The van der Waals surface area contributed by atoms with Crippen LogP contribution in [0.2, 0.25) is 0 Å². The Hall–Kier alpha value is -2.00. The van der Waals surface area contributed by atoms with Crippen LogP contribution in [0, 0.1) is 0 Å². The summed E-state index contributed by atoms with van der Waals surface area (Å²) in [4.78, 5) is 0. The molecule has 2 rings (SSSR count). The third-order valence-corrected chi connectivity index (χ3v) is 3.07. The number of nitrogens with one attached hydrogen (secondary N) is 1. The second-order valence-corrected chi connectivity index (χ2v) is 4.66. The summed E-state index contributed by atoms with van der Waals surface area (Å²) in [6.45, 7) is 3.62. The topological polar surface area (TPSA) is 41.5 Å². The summed E-state index contributed by atoms with van der Waals surface area (Å²) >= 11 is 0. The highest BCUT2D eigenvalue weighted by Crippen LogP contribution is 2.17. The predicted molar refractivity (Wildman–Crippen MR) is 81.9 cm³/mol. The molecule has 0 saturated heterocycles. The third-order valence-electron chi connectivity index (χ3n) is 3.07. The quantitative estimate of drug-likeness (QED) is 0.808. The molecule has 20 heavy (non-hydrogen) atoms. The first-order valence-electron chi connectivity index (χ1n) is 6.98. The molecule has 0 unspecified atom stereocenters. The van der Waals surface area contributed by atoms with Gasteiger partial charge in [0.05, 0.1) is 13.2 Å². The molecule has 0 spiro atoms. The van der Waals surface area contributed by atoms with Gasteiger partial charge >= 0.3 is 0 Å². The van der Waals surface area contributed by atoms with E-state index in [1.807, 2.05) is 36.4 Å². The third kappa shape index (κ3) is 4.00. The monoisotopic (exact) mass is 271 g/mol. The predicted octanol–water partition coefficient (Wildman–Crippen LogP) is 3.58. The van der Waals surface area contributed by atoms with Crippen molar-refractivity contribution >= 4 is 5.69 Å². The minimum Gasteiger partial charge on any atom is -0.494 e. The highest BCUT2D eigenvalue weighted by atomic mass is 16.5. The maximum Gasteiger partial charge on any atom is 0.119 e. The summed E-state index contributed by atoms with van der Waals surface area (Å²) in [5.74, 6) is 0.909. The van der Waals surface area contributed by atoms with Gasteiger partial charge in [-0.15, -0.1) is 0 Å². The minimum absolute atomic E-state index is 0.0486. The van der Waals surface area contributed by atoms with E-state index in [9.17, 15) is 5.11 Å². The number of anilines is 1. The van der Waals surface area contributed by atoms with Crippen molar-refractivity contribution in [1.82, 2.24) is 0 Å². The van der Waals surface area contributed by atoms with Gasteiger partial charge in [-0.25, -0.2) is 0 Å². The zero-order valence-electron chi connectivity index (χ0n) is 11.8. The number of ether oxygens (including phenoxy) is 1. The first kappa shape index (κ1) is 14.4. The van der Waals surface area contributed by atoms with E-state index in [0.717, 1.165) is 36.6 Å². The number of aliphatic hydroxyl groups excluding tert-OH is 1. The Morgan fingerprint density at radius 2 is 1.80 bits per heavy atom. The highest BCUT2D eigenvalue weighted by Gasteiger charge is 2.00. The van der Waals surface area contributed by atoms with Gasteiger partial charge in [0.25, 0.3) is 0 Å². The van der Waals surface area contributed by atoms with Crippen LogP contribution >= 0.6 is 0 Å². The largest absolute Gasteiger partial charge is 0.494 e. The molecule has 0 radical (unpaired) electrons. The van der Waals surface area contributed by atoms with Gasteiger partial charge in [0.15, 0.2) is 0 Å². The SMILES string of the molecule is CCCOc1ccc(CNc2ccccc2CO)cc1. The van der Waals surface area contributed by atoms with Gasteiger partial charge in [-0.3, -0.25) is 0 Å². The van der Waals surface area contributed by atoms with Crippen molar-refractivity contribution < 1.29 is 9.84 Å². The fourth-order valence-corrected chi connectivity index (χ4v) is 1.95. The zero-order valence-corrected chi connectivity index (χ0v) is 11.8. The summed E-state index contributed by atoms with van der Waals surface area (Å²) in [5, 5.41) is 12.6. The Balaban J connectivity index is 1.93. The molecule has 0 saturated carbocycles. The lowest BCUT2D eigenvalue weighted by Gasteiger charge is -2.11. The molecule has 0 aromatic heterocycles. The standard InChI is InChI=1S/C17H21NO2/c1-2-11-20-16-9-7-14(8-10-16)12-18-17-6-4-3-5-15(17)13-19/h3-10,18-19H,2,11-13H2,1H3. The minimum atomic E-state index is 0.0486. The molecule has 0 amide bonds. The van der Waals surface area contributed by atoms with Crippen molar-refractivity contribution in [2.75, 3.05) is 11.9 Å². The lowest BCUT2D eigenvalue weighted by atomic mass is 10.1. The summed E-state index contributed by atoms with van der Waals surface area (Å²) in [6.07, 6.45) is 1.02. The maximum atomic E-state index is 9.28. The Bertz CT molecular complexity index is 523. The van der Waals surface area contributed by atoms with Gasteiger partial charge in [-0.2, -0.15) is 0 Å². The maximum absolute atomic E-state index is 9.28. The number of rotatable bonds is 7. The molecule has 106 valence electrons. The average Bonchev–Trinajstić information content (AvgIpc) is 2.52. The number of hydrogen-bond donors (Lipinski definition) is 2. The van der Waals surface area contributed by atoms with E-state index in [1.54, 1.807) is 0 Å². The molecule has 2 aromatic carbocycles. The summed E-state index contributed by atoms with van der Waals surface area (Å²) in [6, 6.07) is 15.9. The second-order valence-electron chi connectivity index (χ2n) is 4.66. The molecule has 0 bridgehead atoms. The molecule has 0 fully saturated rings. The van der Waals surface area contributed by atoms with E-state index < -0.39 is 0 Å². The Morgan fingerprint density at radius 1 is 1.05 bits per heavy atom. The first-order chi connectivity index (χ1) is 9.83. The van der Waals surface area contributed by atoms with Crippen molar-refractivity contribution in [3.05, 3.63) is 59.7 Å². The van der Waals surface area contributed by atoms with Gasteiger partial charge in [0.1, 0.15) is 5.75 Å². The van der Waals surface area contributed by atoms with Gasteiger partial charge in [-0.05, 0) is 30.2 Å². The molecule has 3 nitrogen and oxygen atoms in total. The van der Waals surface area contributed by atoms with Crippen LogP contribution < -0.4 is 10.1 Å². The average molecular weight is 271 g/mol. The summed E-state index contributed by atoms with van der Waals surface area (Å²) in [5.41, 5.74) is 3.07. The molecule has 0 aliphatic heterocycles. The molecule has 0 heterocycles. The van der Waals surface area contributed by atoms with E-state index in [0.29, 0.717) is 0 Å². The molecule has 0 aliphatic rings. The van der Waals surface area contributed by atoms with Crippen molar-refractivity contribution in [2.45, 2.75) is 26.5 Å². The van der Waals surface area contributed by atoms with Crippen molar-refractivity contribution in [1.29, 1.82) is 0 Å². The van der Waals surface area contributed by atoms with Crippen molar-refractivity contribution in [2.24, 2.45) is 0 Å². The first-order valence-corrected chi connectivity index (χ1v) is 6.98. The normalized spacial score (nSPS) is 10.3. The molecular weight excluding hydrogens is 250 g/mol. The van der Waals surface area contributed by atoms with Crippen LogP contribution in [0.4, 0.5) is 5.69 Å². The molecular formula is C17H21NO2. The van der Waals surface area contributed by atoms with Gasteiger partial charge in [0, 0.05) is 17.8 Å². The summed E-state index contributed by atoms with van der Waals surface area (Å²) in [7, 11) is 0. The van der Waals surface area contributed by atoms with Crippen LogP contribution in [0.15, 0.2) is 48.5 Å². The fraction of sp³-hybridized carbons (Fsp3) is 0.294. The van der Waals surface area contributed by atoms with E-state index >= 15 is 0 Å². The van der Waals surface area contributed by atoms with Crippen molar-refractivity contribution in [3.63, 3.8) is 0 Å². The Labute approximate surface area is 120 Å². The van der Waals surface area contributed by atoms with E-state index in [1.165, 1.54) is 5.56 Å². The molecule has 2 N–H and O–H groups in total. The molecule has 0 aliphatic carbocycles. The zero-order chi connectivity index (χ0) is 14.2. The number of aliphatic hydroxyl groups is 1. The van der Waals surface area contributed by atoms with Crippen LogP contribution in [0.1, 0.15) is 24.5 Å². The van der Waals surface area contributed by atoms with Crippen LogP contribution in [0.5, 0.6) is 5.75 Å². The molecule has 3 heteroatoms. The van der Waals surface area contributed by atoms with Crippen LogP contribution in [-0.4, -0.2) is 11.7 Å². The van der Waals surface area contributed by atoms with Crippen LogP contribution in [0.25, 0.3) is 0 Å². The van der Waals surface area contributed by atoms with Crippen LogP contribution in [0.3, 0.4) is 0 Å².